The van der Waals surface area contributed by atoms with Crippen LogP contribution in [0.15, 0.2) is 6.20 Å². The summed E-state index contributed by atoms with van der Waals surface area (Å²) in [5.41, 5.74) is -1.38. The Morgan fingerprint density at radius 1 is 1.61 bits per heavy atom. The lowest BCUT2D eigenvalue weighted by atomic mass is 10.2. The number of amides is 1. The summed E-state index contributed by atoms with van der Waals surface area (Å²) in [5, 5.41) is 6.18. The van der Waals surface area contributed by atoms with E-state index in [1.807, 2.05) is 6.92 Å². The van der Waals surface area contributed by atoms with E-state index in [0.29, 0.717) is 5.92 Å². The highest BCUT2D eigenvalue weighted by atomic mass is 19.4. The van der Waals surface area contributed by atoms with Crippen molar-refractivity contribution in [3.63, 3.8) is 0 Å². The molecular weight excluding hydrogens is 247 g/mol. The van der Waals surface area contributed by atoms with Crippen LogP contribution in [-0.2, 0) is 12.7 Å². The number of carbonyl (C=O) groups is 1. The van der Waals surface area contributed by atoms with Crippen molar-refractivity contribution in [2.75, 3.05) is 0 Å². The van der Waals surface area contributed by atoms with E-state index in [-0.39, 0.29) is 12.6 Å². The van der Waals surface area contributed by atoms with Crippen LogP contribution in [-0.4, -0.2) is 21.7 Å². The summed E-state index contributed by atoms with van der Waals surface area (Å²) >= 11 is 0. The molecule has 2 atom stereocenters. The van der Waals surface area contributed by atoms with Crippen LogP contribution in [0.5, 0.6) is 0 Å². The molecule has 1 aliphatic carbocycles. The van der Waals surface area contributed by atoms with E-state index < -0.39 is 23.3 Å². The molecule has 0 radical (unpaired) electrons. The molecule has 0 aliphatic heterocycles. The van der Waals surface area contributed by atoms with Crippen molar-refractivity contribution in [3.05, 3.63) is 17.5 Å². The Bertz CT molecular complexity index is 467. The first kappa shape index (κ1) is 12.9. The fourth-order valence-electron chi connectivity index (χ4n) is 1.86. The van der Waals surface area contributed by atoms with E-state index in [2.05, 4.69) is 10.4 Å². The lowest BCUT2D eigenvalue weighted by molar-refractivity contribution is -0.144. The number of halogens is 3. The molecule has 18 heavy (non-hydrogen) atoms. The van der Waals surface area contributed by atoms with Crippen LogP contribution in [0, 0.1) is 5.92 Å². The first-order chi connectivity index (χ1) is 8.34. The summed E-state index contributed by atoms with van der Waals surface area (Å²) in [7, 11) is 0. The third-order valence-electron chi connectivity index (χ3n) is 3.08. The largest absolute Gasteiger partial charge is 0.433 e. The molecule has 1 amide bonds. The number of hydrogen-bond donors (Lipinski definition) is 1. The van der Waals surface area contributed by atoms with Gasteiger partial charge in [-0.05, 0) is 19.3 Å². The summed E-state index contributed by atoms with van der Waals surface area (Å²) in [5.74, 6) is -0.360. The molecule has 1 aliphatic rings. The van der Waals surface area contributed by atoms with Crippen molar-refractivity contribution in [1.82, 2.24) is 15.1 Å². The second-order valence-electron chi connectivity index (χ2n) is 4.51. The first-order valence-electron chi connectivity index (χ1n) is 5.78. The maximum atomic E-state index is 12.9. The van der Waals surface area contributed by atoms with Crippen LogP contribution in [0.2, 0.25) is 0 Å². The van der Waals surface area contributed by atoms with Crippen molar-refractivity contribution in [1.29, 1.82) is 0 Å². The van der Waals surface area contributed by atoms with Crippen LogP contribution in [0.3, 0.4) is 0 Å². The standard InChI is InChI=1S/C11H14F3N3O/c1-3-17-9(11(12,13)14)7(5-15-17)10(18)16-8-4-6(8)2/h5-6,8H,3-4H2,1-2H3,(H,16,18). The van der Waals surface area contributed by atoms with Gasteiger partial charge >= 0.3 is 6.18 Å². The predicted octanol–water partition coefficient (Wildman–Crippen LogP) is 2.06. The Morgan fingerprint density at radius 3 is 2.67 bits per heavy atom. The molecule has 1 aromatic heterocycles. The van der Waals surface area contributed by atoms with Crippen molar-refractivity contribution in [2.24, 2.45) is 5.92 Å². The number of alkyl halides is 3. The van der Waals surface area contributed by atoms with Crippen LogP contribution in [0.4, 0.5) is 13.2 Å². The van der Waals surface area contributed by atoms with Gasteiger partial charge in [-0.15, -0.1) is 0 Å². The first-order valence-corrected chi connectivity index (χ1v) is 5.78. The van der Waals surface area contributed by atoms with Crippen LogP contribution < -0.4 is 5.32 Å². The maximum absolute atomic E-state index is 12.9. The van der Waals surface area contributed by atoms with Crippen molar-refractivity contribution >= 4 is 5.91 Å². The molecule has 1 N–H and O–H groups in total. The number of carbonyl (C=O) groups excluding carboxylic acids is 1. The topological polar surface area (TPSA) is 46.9 Å². The normalized spacial score (nSPS) is 22.9. The van der Waals surface area contributed by atoms with E-state index in [4.69, 9.17) is 0 Å². The fraction of sp³-hybridized carbons (Fsp3) is 0.636. The summed E-state index contributed by atoms with van der Waals surface area (Å²) in [6, 6.07) is -0.0106. The van der Waals surface area contributed by atoms with Gasteiger partial charge in [0.15, 0.2) is 5.69 Å². The maximum Gasteiger partial charge on any atom is 0.433 e. The molecular formula is C11H14F3N3O. The smallest absolute Gasteiger partial charge is 0.349 e. The summed E-state index contributed by atoms with van der Waals surface area (Å²) in [4.78, 5) is 11.8. The Balaban J connectivity index is 2.27. The molecule has 4 nitrogen and oxygen atoms in total. The molecule has 0 saturated heterocycles. The molecule has 1 fully saturated rings. The number of nitrogens with zero attached hydrogens (tertiary/aromatic N) is 2. The van der Waals surface area contributed by atoms with Gasteiger partial charge in [-0.25, -0.2) is 0 Å². The van der Waals surface area contributed by atoms with Gasteiger partial charge in [-0.1, -0.05) is 6.92 Å². The van der Waals surface area contributed by atoms with E-state index in [1.165, 1.54) is 0 Å². The Morgan fingerprint density at radius 2 is 2.22 bits per heavy atom. The Hall–Kier alpha value is -1.53. The average molecular weight is 261 g/mol. The van der Waals surface area contributed by atoms with Gasteiger partial charge in [0, 0.05) is 12.6 Å². The zero-order valence-corrected chi connectivity index (χ0v) is 10.1. The zero-order valence-electron chi connectivity index (χ0n) is 10.1. The number of aryl methyl sites for hydroxylation is 1. The van der Waals surface area contributed by atoms with Gasteiger partial charge in [0.25, 0.3) is 5.91 Å². The highest BCUT2D eigenvalue weighted by Crippen LogP contribution is 2.33. The summed E-state index contributed by atoms with van der Waals surface area (Å²) in [6.07, 6.45) is -2.78. The molecule has 1 saturated carbocycles. The fourth-order valence-corrected chi connectivity index (χ4v) is 1.86. The molecule has 1 aromatic rings. The molecule has 0 aromatic carbocycles. The van der Waals surface area contributed by atoms with Gasteiger partial charge in [-0.2, -0.15) is 18.3 Å². The van der Waals surface area contributed by atoms with Gasteiger partial charge in [0.1, 0.15) is 0 Å². The van der Waals surface area contributed by atoms with Crippen molar-refractivity contribution in [3.8, 4) is 0 Å². The monoisotopic (exact) mass is 261 g/mol. The molecule has 0 spiro atoms. The van der Waals surface area contributed by atoms with Gasteiger partial charge < -0.3 is 5.32 Å². The van der Waals surface area contributed by atoms with Gasteiger partial charge in [0.05, 0.1) is 11.8 Å². The van der Waals surface area contributed by atoms with Gasteiger partial charge in [-0.3, -0.25) is 9.48 Å². The average Bonchev–Trinajstić information content (AvgIpc) is 2.82. The van der Waals surface area contributed by atoms with Crippen LogP contribution >= 0.6 is 0 Å². The third kappa shape index (κ3) is 2.34. The zero-order chi connectivity index (χ0) is 13.5. The number of nitrogens with one attached hydrogen (secondary N) is 1. The van der Waals surface area contributed by atoms with E-state index in [0.717, 1.165) is 17.3 Å². The third-order valence-corrected chi connectivity index (χ3v) is 3.08. The minimum absolute atomic E-state index is 0.0106. The van der Waals surface area contributed by atoms with Crippen molar-refractivity contribution < 1.29 is 18.0 Å². The van der Waals surface area contributed by atoms with E-state index in [9.17, 15) is 18.0 Å². The van der Waals surface area contributed by atoms with E-state index >= 15 is 0 Å². The quantitative estimate of drug-likeness (QED) is 0.905. The Kier molecular flexibility index (Phi) is 3.08. The van der Waals surface area contributed by atoms with E-state index in [1.54, 1.807) is 6.92 Å². The minimum Gasteiger partial charge on any atom is -0.349 e. The summed E-state index contributed by atoms with van der Waals surface area (Å²) < 4.78 is 39.4. The SMILES string of the molecule is CCn1ncc(C(=O)NC2CC2C)c1C(F)(F)F. The lowest BCUT2D eigenvalue weighted by Gasteiger charge is -2.11. The lowest BCUT2D eigenvalue weighted by Crippen LogP contribution is -2.29. The van der Waals surface area contributed by atoms with Crippen LogP contribution in [0.25, 0.3) is 0 Å². The predicted molar refractivity (Wildman–Crippen MR) is 57.9 cm³/mol. The van der Waals surface area contributed by atoms with Crippen molar-refractivity contribution in [2.45, 2.75) is 39.0 Å². The summed E-state index contributed by atoms with van der Waals surface area (Å²) in [6.45, 7) is 3.56. The molecule has 1 heterocycles. The molecule has 2 rings (SSSR count). The second kappa shape index (κ2) is 4.29. The second-order valence-corrected chi connectivity index (χ2v) is 4.51. The van der Waals surface area contributed by atoms with Gasteiger partial charge in [0.2, 0.25) is 0 Å². The molecule has 100 valence electrons. The molecule has 7 heteroatoms. The number of aromatic nitrogens is 2. The van der Waals surface area contributed by atoms with Crippen LogP contribution in [0.1, 0.15) is 36.3 Å². The molecule has 0 bridgehead atoms. The number of hydrogen-bond acceptors (Lipinski definition) is 2. The minimum atomic E-state index is -4.58. The molecule has 2 unspecified atom stereocenters. The Labute approximate surface area is 102 Å². The highest BCUT2D eigenvalue weighted by molar-refractivity contribution is 5.95. The highest BCUT2D eigenvalue weighted by Gasteiger charge is 2.41. The number of rotatable bonds is 3.